The molecule has 0 saturated heterocycles. The van der Waals surface area contributed by atoms with Crippen LogP contribution in [0, 0.1) is 17.5 Å². The molecule has 9 heteroatoms. The molecule has 0 unspecified atom stereocenters. The largest absolute Gasteiger partial charge is 0.344 e. The van der Waals surface area contributed by atoms with Crippen LogP contribution in [0.4, 0.5) is 13.2 Å². The first-order valence-electron chi connectivity index (χ1n) is 8.43. The van der Waals surface area contributed by atoms with Crippen LogP contribution in [0.25, 0.3) is 10.9 Å². The van der Waals surface area contributed by atoms with Gasteiger partial charge in [0.15, 0.2) is 17.5 Å². The summed E-state index contributed by atoms with van der Waals surface area (Å²) >= 11 is 0. The Hall–Kier alpha value is -3.10. The van der Waals surface area contributed by atoms with Crippen LogP contribution < -0.4 is 5.43 Å². The van der Waals surface area contributed by atoms with Gasteiger partial charge in [0.25, 0.3) is 5.91 Å². The molecular weight excluding hydrogens is 361 g/mol. The van der Waals surface area contributed by atoms with Crippen LogP contribution in [0.3, 0.4) is 0 Å². The SMILES string of the molecule is CCn1cc(C(=O)N2CCc3[nH]ncc3C2)c(=O)c2cc(F)c(F)c(F)c21. The number of aromatic nitrogens is 3. The summed E-state index contributed by atoms with van der Waals surface area (Å²) in [5.74, 6) is -5.10. The Morgan fingerprint density at radius 1 is 1.30 bits per heavy atom. The quantitative estimate of drug-likeness (QED) is 0.698. The third-order valence-corrected chi connectivity index (χ3v) is 4.86. The van der Waals surface area contributed by atoms with E-state index in [1.807, 2.05) is 0 Å². The van der Waals surface area contributed by atoms with Gasteiger partial charge in [-0.1, -0.05) is 0 Å². The molecule has 140 valence electrons. The van der Waals surface area contributed by atoms with Gasteiger partial charge >= 0.3 is 0 Å². The molecule has 1 aliphatic heterocycles. The van der Waals surface area contributed by atoms with Crippen LogP contribution in [0.15, 0.2) is 23.3 Å². The maximum absolute atomic E-state index is 14.2. The summed E-state index contributed by atoms with van der Waals surface area (Å²) in [6, 6.07) is 0.642. The number of nitrogens with zero attached hydrogens (tertiary/aromatic N) is 3. The topological polar surface area (TPSA) is 71.0 Å². The Morgan fingerprint density at radius 2 is 2.07 bits per heavy atom. The molecule has 0 saturated carbocycles. The highest BCUT2D eigenvalue weighted by molar-refractivity contribution is 5.97. The summed E-state index contributed by atoms with van der Waals surface area (Å²) in [6.07, 6.45) is 3.39. The number of hydrogen-bond donors (Lipinski definition) is 1. The molecule has 0 spiro atoms. The Morgan fingerprint density at radius 3 is 2.81 bits per heavy atom. The van der Waals surface area contributed by atoms with Crippen LogP contribution >= 0.6 is 0 Å². The molecule has 0 atom stereocenters. The van der Waals surface area contributed by atoms with Crippen LogP contribution in [-0.2, 0) is 19.5 Å². The van der Waals surface area contributed by atoms with E-state index in [4.69, 9.17) is 0 Å². The van der Waals surface area contributed by atoms with Crippen molar-refractivity contribution in [3.63, 3.8) is 0 Å². The number of aromatic amines is 1. The van der Waals surface area contributed by atoms with Crippen LogP contribution in [0.2, 0.25) is 0 Å². The van der Waals surface area contributed by atoms with E-state index in [9.17, 15) is 22.8 Å². The number of amides is 1. The minimum absolute atomic E-state index is 0.172. The zero-order valence-corrected chi connectivity index (χ0v) is 14.4. The van der Waals surface area contributed by atoms with Gasteiger partial charge in [0.2, 0.25) is 5.43 Å². The third kappa shape index (κ3) is 2.61. The second-order valence-electron chi connectivity index (χ2n) is 6.39. The number of benzene rings is 1. The van der Waals surface area contributed by atoms with E-state index in [0.717, 1.165) is 11.3 Å². The predicted molar refractivity (Wildman–Crippen MR) is 90.8 cm³/mol. The van der Waals surface area contributed by atoms with Crippen molar-refractivity contribution in [2.24, 2.45) is 0 Å². The molecule has 3 heterocycles. The molecule has 0 bridgehead atoms. The molecule has 27 heavy (non-hydrogen) atoms. The fourth-order valence-electron chi connectivity index (χ4n) is 3.43. The van der Waals surface area contributed by atoms with E-state index in [-0.39, 0.29) is 29.6 Å². The van der Waals surface area contributed by atoms with Crippen LogP contribution in [0.1, 0.15) is 28.5 Å². The third-order valence-electron chi connectivity index (χ3n) is 4.86. The lowest BCUT2D eigenvalue weighted by Crippen LogP contribution is -2.38. The van der Waals surface area contributed by atoms with Crippen molar-refractivity contribution >= 4 is 16.8 Å². The number of hydrogen-bond acceptors (Lipinski definition) is 3. The maximum Gasteiger partial charge on any atom is 0.259 e. The highest BCUT2D eigenvalue weighted by atomic mass is 19.2. The van der Waals surface area contributed by atoms with Crippen molar-refractivity contribution in [1.29, 1.82) is 0 Å². The van der Waals surface area contributed by atoms with Gasteiger partial charge in [0.05, 0.1) is 17.1 Å². The van der Waals surface area contributed by atoms with Gasteiger partial charge in [-0.05, 0) is 13.0 Å². The molecule has 4 rings (SSSR count). The highest BCUT2D eigenvalue weighted by Crippen LogP contribution is 2.23. The van der Waals surface area contributed by atoms with Gasteiger partial charge in [0, 0.05) is 43.5 Å². The lowest BCUT2D eigenvalue weighted by Gasteiger charge is -2.26. The monoisotopic (exact) mass is 376 g/mol. The average molecular weight is 376 g/mol. The fraction of sp³-hybridized carbons (Fsp3) is 0.278. The lowest BCUT2D eigenvalue weighted by atomic mass is 10.1. The first-order chi connectivity index (χ1) is 12.9. The van der Waals surface area contributed by atoms with Crippen molar-refractivity contribution in [3.8, 4) is 0 Å². The van der Waals surface area contributed by atoms with Gasteiger partial charge in [0.1, 0.15) is 5.56 Å². The van der Waals surface area contributed by atoms with Crippen molar-refractivity contribution in [1.82, 2.24) is 19.7 Å². The normalized spacial score (nSPS) is 13.9. The van der Waals surface area contributed by atoms with Crippen molar-refractivity contribution in [2.45, 2.75) is 26.4 Å². The zero-order valence-electron chi connectivity index (χ0n) is 14.4. The summed E-state index contributed by atoms with van der Waals surface area (Å²) in [4.78, 5) is 27.2. The number of fused-ring (bicyclic) bond motifs is 2. The molecular formula is C18H15F3N4O2. The summed E-state index contributed by atoms with van der Waals surface area (Å²) in [5, 5.41) is 6.43. The van der Waals surface area contributed by atoms with Gasteiger partial charge in [-0.15, -0.1) is 0 Å². The number of halogens is 3. The first-order valence-corrected chi connectivity index (χ1v) is 8.43. The number of H-pyrrole nitrogens is 1. The van der Waals surface area contributed by atoms with Crippen molar-refractivity contribution in [3.05, 3.63) is 63.0 Å². The van der Waals surface area contributed by atoms with E-state index >= 15 is 0 Å². The summed E-state index contributed by atoms with van der Waals surface area (Å²) in [6.45, 7) is 2.48. The second kappa shape index (κ2) is 6.26. The Kier molecular flexibility index (Phi) is 4.01. The van der Waals surface area contributed by atoms with Crippen molar-refractivity contribution < 1.29 is 18.0 Å². The first kappa shape index (κ1) is 17.3. The van der Waals surface area contributed by atoms with Crippen LogP contribution in [-0.4, -0.2) is 32.1 Å². The van der Waals surface area contributed by atoms with Gasteiger partial charge in [-0.2, -0.15) is 5.10 Å². The average Bonchev–Trinajstić information content (AvgIpc) is 3.14. The Balaban J connectivity index is 1.85. The minimum Gasteiger partial charge on any atom is -0.344 e. The zero-order chi connectivity index (χ0) is 19.3. The standard InChI is InChI=1S/C18H15F3N4O2/c1-2-24-8-11(17(26)10-5-12(19)14(20)15(21)16(10)24)18(27)25-4-3-13-9(7-25)6-22-23-13/h5-6,8H,2-4,7H2,1H3,(H,22,23). The number of aryl methyl sites for hydroxylation is 1. The molecule has 1 aromatic carbocycles. The number of nitrogens with one attached hydrogen (secondary N) is 1. The maximum atomic E-state index is 14.2. The molecule has 0 radical (unpaired) electrons. The summed E-state index contributed by atoms with van der Waals surface area (Å²) in [7, 11) is 0. The molecule has 0 aliphatic carbocycles. The lowest BCUT2D eigenvalue weighted by molar-refractivity contribution is 0.0732. The molecule has 2 aromatic heterocycles. The smallest absolute Gasteiger partial charge is 0.259 e. The number of carbonyl (C=O) groups excluding carboxylic acids is 1. The predicted octanol–water partition coefficient (Wildman–Crippen LogP) is 2.36. The Labute approximate surface area is 151 Å². The van der Waals surface area contributed by atoms with E-state index in [2.05, 4.69) is 10.2 Å². The summed E-state index contributed by atoms with van der Waals surface area (Å²) < 4.78 is 42.8. The van der Waals surface area contributed by atoms with Gasteiger partial charge in [-0.3, -0.25) is 14.7 Å². The van der Waals surface area contributed by atoms with E-state index in [1.54, 1.807) is 13.1 Å². The van der Waals surface area contributed by atoms with Crippen LogP contribution in [0.5, 0.6) is 0 Å². The number of rotatable bonds is 2. The molecule has 1 aliphatic rings. The minimum atomic E-state index is -1.65. The van der Waals surface area contributed by atoms with Crippen molar-refractivity contribution in [2.75, 3.05) is 6.54 Å². The summed E-state index contributed by atoms with van der Waals surface area (Å²) in [5.41, 5.74) is 0.402. The molecule has 1 amide bonds. The molecule has 1 N–H and O–H groups in total. The Bertz CT molecular complexity index is 1140. The fourth-order valence-corrected chi connectivity index (χ4v) is 3.43. The van der Waals surface area contributed by atoms with Gasteiger partial charge in [-0.25, -0.2) is 13.2 Å². The number of pyridine rings is 1. The number of carbonyl (C=O) groups is 1. The van der Waals surface area contributed by atoms with E-state index < -0.39 is 28.8 Å². The highest BCUT2D eigenvalue weighted by Gasteiger charge is 2.27. The van der Waals surface area contributed by atoms with Gasteiger partial charge < -0.3 is 9.47 Å². The molecule has 0 fully saturated rings. The van der Waals surface area contributed by atoms with E-state index in [1.165, 1.54) is 15.7 Å². The second-order valence-corrected chi connectivity index (χ2v) is 6.39. The molecule has 6 nitrogen and oxygen atoms in total. The molecule has 3 aromatic rings. The van der Waals surface area contributed by atoms with E-state index in [0.29, 0.717) is 19.0 Å².